The number of esters is 1. The number of benzene rings is 1. The number of carbonyl (C=O) groups excluding carboxylic acids is 1. The van der Waals surface area contributed by atoms with Crippen molar-refractivity contribution in [2.75, 3.05) is 17.3 Å². The number of ether oxygens (including phenoxy) is 1. The molecule has 0 amide bonds. The van der Waals surface area contributed by atoms with Gasteiger partial charge in [0.15, 0.2) is 10.6 Å². The summed E-state index contributed by atoms with van der Waals surface area (Å²) in [6.45, 7) is 0. The Kier molecular flexibility index (Phi) is 4.49. The highest BCUT2D eigenvalue weighted by atomic mass is 32.2. The quantitative estimate of drug-likeness (QED) is 0.392. The van der Waals surface area contributed by atoms with Crippen LogP contribution in [0.1, 0.15) is 12.8 Å². The average molecular weight is 303 g/mol. The van der Waals surface area contributed by atoms with E-state index in [-0.39, 0.29) is 0 Å². The Hall–Kier alpha value is -1.05. The highest BCUT2D eigenvalue weighted by Crippen LogP contribution is 2.24. The molecule has 0 spiro atoms. The second kappa shape index (κ2) is 5.94. The zero-order valence-electron chi connectivity index (χ0n) is 10.2. The van der Waals surface area contributed by atoms with Crippen LogP contribution in [0.3, 0.4) is 0 Å². The summed E-state index contributed by atoms with van der Waals surface area (Å²) in [6, 6.07) is 7.13. The molecule has 104 valence electrons. The molecule has 1 fully saturated rings. The Balaban J connectivity index is 1.96. The Labute approximate surface area is 115 Å². The molecule has 0 aromatic heterocycles. The monoisotopic (exact) mass is 303 g/mol. The van der Waals surface area contributed by atoms with Gasteiger partial charge in [-0.15, -0.1) is 0 Å². The molecule has 1 N–H and O–H groups in total. The van der Waals surface area contributed by atoms with Gasteiger partial charge in [-0.3, -0.25) is 9.35 Å². The summed E-state index contributed by atoms with van der Waals surface area (Å²) in [5.41, 5.74) is 0. The zero-order chi connectivity index (χ0) is 13.9. The number of carbonyl (C=O) groups is 1. The molecule has 1 aliphatic heterocycles. The largest absolute Gasteiger partial charge is 0.426 e. The third-order valence-electron chi connectivity index (χ3n) is 2.72. The Morgan fingerprint density at radius 2 is 1.79 bits per heavy atom. The first-order valence-corrected chi connectivity index (χ1v) is 9.05. The molecular weight excluding hydrogens is 288 g/mol. The lowest BCUT2D eigenvalue weighted by molar-refractivity contribution is -0.131. The van der Waals surface area contributed by atoms with Crippen LogP contribution in [0.25, 0.3) is 0 Å². The lowest BCUT2D eigenvalue weighted by Crippen LogP contribution is -2.20. The first-order chi connectivity index (χ1) is 8.94. The highest BCUT2D eigenvalue weighted by Gasteiger charge is 2.26. The van der Waals surface area contributed by atoms with E-state index < -0.39 is 21.8 Å². The molecule has 0 atom stereocenters. The normalized spacial score (nSPS) is 16.5. The molecule has 0 unspecified atom stereocenters. The van der Waals surface area contributed by atoms with E-state index in [1.807, 2.05) is 12.1 Å². The van der Waals surface area contributed by atoms with Crippen LogP contribution in [-0.2, 0) is 25.8 Å². The maximum Gasteiger partial charge on any atom is 0.329 e. The summed E-state index contributed by atoms with van der Waals surface area (Å²) in [6.07, 6.45) is 2.52. The van der Waals surface area contributed by atoms with Crippen LogP contribution in [0.15, 0.2) is 29.2 Å². The molecule has 19 heavy (non-hydrogen) atoms. The van der Waals surface area contributed by atoms with Crippen molar-refractivity contribution >= 4 is 27.0 Å². The molecule has 7 heteroatoms. The summed E-state index contributed by atoms with van der Waals surface area (Å²) >= 11 is 0. The van der Waals surface area contributed by atoms with Crippen molar-refractivity contribution in [3.8, 4) is 5.75 Å². The smallest absolute Gasteiger partial charge is 0.329 e. The molecule has 5 nitrogen and oxygen atoms in total. The minimum Gasteiger partial charge on any atom is -0.426 e. The van der Waals surface area contributed by atoms with E-state index in [2.05, 4.69) is 0 Å². The molecule has 2 rings (SSSR count). The van der Waals surface area contributed by atoms with Crippen molar-refractivity contribution < 1.29 is 22.5 Å². The summed E-state index contributed by atoms with van der Waals surface area (Å²) in [7, 11) is -4.04. The van der Waals surface area contributed by atoms with Gasteiger partial charge in [0, 0.05) is 10.9 Å². The van der Waals surface area contributed by atoms with Gasteiger partial charge in [-0.2, -0.15) is 8.42 Å². The molecule has 0 bridgehead atoms. The van der Waals surface area contributed by atoms with Gasteiger partial charge in [0.1, 0.15) is 17.3 Å². The first-order valence-electron chi connectivity index (χ1n) is 5.87. The highest BCUT2D eigenvalue weighted by molar-refractivity contribution is 7.97. The number of hydrogen-bond acceptors (Lipinski definition) is 4. The molecule has 1 aliphatic rings. The van der Waals surface area contributed by atoms with E-state index in [9.17, 15) is 13.2 Å². The van der Waals surface area contributed by atoms with Gasteiger partial charge in [-0.1, -0.05) is 0 Å². The molecule has 1 heterocycles. The minimum atomic E-state index is -4.34. The Morgan fingerprint density at radius 1 is 1.21 bits per heavy atom. The van der Waals surface area contributed by atoms with Gasteiger partial charge < -0.3 is 4.74 Å². The van der Waals surface area contributed by atoms with Crippen LogP contribution in [0, 0.1) is 0 Å². The molecule has 1 saturated heterocycles. The SMILES string of the molecule is O=C(CS(=O)(=O)O)Oc1ccc([S+]2CCCC2)cc1. The van der Waals surface area contributed by atoms with E-state index in [0.717, 1.165) is 0 Å². The maximum atomic E-state index is 11.2. The first kappa shape index (κ1) is 14.4. The van der Waals surface area contributed by atoms with Gasteiger partial charge in [0.2, 0.25) is 0 Å². The van der Waals surface area contributed by atoms with Crippen molar-refractivity contribution in [3.05, 3.63) is 24.3 Å². The van der Waals surface area contributed by atoms with E-state index in [1.54, 1.807) is 12.1 Å². The second-order valence-electron chi connectivity index (χ2n) is 4.28. The van der Waals surface area contributed by atoms with Gasteiger partial charge >= 0.3 is 5.97 Å². The van der Waals surface area contributed by atoms with Crippen LogP contribution < -0.4 is 4.74 Å². The molecular formula is C12H15O5S2+. The fourth-order valence-corrected chi connectivity index (χ4v) is 4.56. The molecule has 1 aromatic carbocycles. The van der Waals surface area contributed by atoms with Crippen LogP contribution in [0.2, 0.25) is 0 Å². The summed E-state index contributed by atoms with van der Waals surface area (Å²) < 4.78 is 34.4. The van der Waals surface area contributed by atoms with Crippen LogP contribution in [0.4, 0.5) is 0 Å². The van der Waals surface area contributed by atoms with Crippen molar-refractivity contribution in [1.29, 1.82) is 0 Å². The third-order valence-corrected chi connectivity index (χ3v) is 5.82. The van der Waals surface area contributed by atoms with Crippen LogP contribution in [-0.4, -0.2) is 36.2 Å². The summed E-state index contributed by atoms with van der Waals surface area (Å²) in [4.78, 5) is 12.5. The lowest BCUT2D eigenvalue weighted by Gasteiger charge is -2.04. The van der Waals surface area contributed by atoms with E-state index in [4.69, 9.17) is 9.29 Å². The van der Waals surface area contributed by atoms with Gasteiger partial charge in [0.05, 0.1) is 0 Å². The fraction of sp³-hybridized carbons (Fsp3) is 0.417. The number of hydrogen-bond donors (Lipinski definition) is 1. The van der Waals surface area contributed by atoms with Crippen LogP contribution >= 0.6 is 0 Å². The van der Waals surface area contributed by atoms with E-state index in [1.165, 1.54) is 29.2 Å². The maximum absolute atomic E-state index is 11.2. The van der Waals surface area contributed by atoms with Crippen molar-refractivity contribution in [3.63, 3.8) is 0 Å². The van der Waals surface area contributed by atoms with Gasteiger partial charge in [-0.25, -0.2) is 0 Å². The predicted molar refractivity (Wildman–Crippen MR) is 73.1 cm³/mol. The van der Waals surface area contributed by atoms with E-state index >= 15 is 0 Å². The molecule has 1 aromatic rings. The average Bonchev–Trinajstić information content (AvgIpc) is 2.80. The fourth-order valence-electron chi connectivity index (χ4n) is 1.90. The van der Waals surface area contributed by atoms with Crippen molar-refractivity contribution in [2.45, 2.75) is 17.7 Å². The third kappa shape index (κ3) is 4.52. The standard InChI is InChI=1S/C12H14O5S2/c13-12(9-19(14,15)16)17-10-3-5-11(6-4-10)18-7-1-2-8-18/h3-6H,1-2,7-9H2/p+1. The van der Waals surface area contributed by atoms with E-state index in [0.29, 0.717) is 16.6 Å². The van der Waals surface area contributed by atoms with Crippen molar-refractivity contribution in [2.24, 2.45) is 0 Å². The summed E-state index contributed by atoms with van der Waals surface area (Å²) in [5, 5.41) is 0. The molecule has 0 saturated carbocycles. The number of rotatable bonds is 4. The second-order valence-corrected chi connectivity index (χ2v) is 8.01. The van der Waals surface area contributed by atoms with Gasteiger partial charge in [0.25, 0.3) is 10.1 Å². The Morgan fingerprint density at radius 3 is 2.32 bits per heavy atom. The van der Waals surface area contributed by atoms with Gasteiger partial charge in [-0.05, 0) is 37.1 Å². The topological polar surface area (TPSA) is 80.7 Å². The zero-order valence-corrected chi connectivity index (χ0v) is 11.9. The van der Waals surface area contributed by atoms with Crippen molar-refractivity contribution in [1.82, 2.24) is 0 Å². The minimum absolute atomic E-state index is 0.292. The summed E-state index contributed by atoms with van der Waals surface area (Å²) in [5.74, 6) is 0.696. The molecule has 0 radical (unpaired) electrons. The predicted octanol–water partition coefficient (Wildman–Crippen LogP) is 1.25. The molecule has 0 aliphatic carbocycles. The lowest BCUT2D eigenvalue weighted by atomic mass is 10.3. The van der Waals surface area contributed by atoms with Crippen LogP contribution in [0.5, 0.6) is 5.75 Å². The Bertz CT molecular complexity index is 544.